The predicted molar refractivity (Wildman–Crippen MR) is 17.5 cm³/mol. The topological polar surface area (TPSA) is 13.1 Å². The molecule has 0 atom stereocenters. The molecule has 0 spiro atoms. The first-order chi connectivity index (χ1) is 2.50. The van der Waals surface area contributed by atoms with Crippen molar-refractivity contribution >= 4 is 0 Å². The fourth-order valence-electron chi connectivity index (χ4n) is 0.196. The van der Waals surface area contributed by atoms with Gasteiger partial charge in [-0.3, -0.25) is 0 Å². The predicted octanol–water partition coefficient (Wildman–Crippen LogP) is 1.08. The van der Waals surface area contributed by atoms with Crippen LogP contribution in [0.3, 0.4) is 0 Å². The zero-order valence-electron chi connectivity index (χ0n) is 2.96. The Kier molecular flexibility index (Phi) is 3.15. The average molecular weight is 262 g/mol. The van der Waals surface area contributed by atoms with Crippen LogP contribution in [-0.2, 0) is 21.1 Å². The molecule has 0 saturated carbocycles. The molecular weight excluding hydrogens is 259 g/mol. The summed E-state index contributed by atoms with van der Waals surface area (Å²) in [7, 11) is 0. The number of rotatable bonds is 0. The molecule has 0 unspecified atom stereocenters. The van der Waals surface area contributed by atoms with Crippen LogP contribution in [0.4, 0.5) is 0 Å². The second-order valence-electron chi connectivity index (χ2n) is 0.731. The summed E-state index contributed by atoms with van der Waals surface area (Å²) in [6.07, 6.45) is 4.06. The fraction of sp³-hybridized carbons (Fsp3) is 0. The van der Waals surface area contributed by atoms with E-state index in [9.17, 15) is 0 Å². The van der Waals surface area contributed by atoms with Crippen molar-refractivity contribution in [1.82, 2.24) is 0 Å². The van der Waals surface area contributed by atoms with Crippen LogP contribution in [0.15, 0.2) is 22.8 Å². The third kappa shape index (κ3) is 1.42. The molecule has 1 aromatic heterocycles. The van der Waals surface area contributed by atoms with Crippen molar-refractivity contribution < 1.29 is 25.5 Å². The largest absolute Gasteiger partial charge is 0.599 e. The molecule has 0 bridgehead atoms. The summed E-state index contributed by atoms with van der Waals surface area (Å²) in [6.45, 7) is 0. The van der Waals surface area contributed by atoms with Gasteiger partial charge in [0.1, 0.15) is 0 Å². The Morgan fingerprint density at radius 2 is 2.33 bits per heavy atom. The van der Waals surface area contributed by atoms with Crippen LogP contribution in [0, 0.1) is 6.26 Å². The van der Waals surface area contributed by atoms with E-state index in [1.165, 1.54) is 0 Å². The van der Waals surface area contributed by atoms with Gasteiger partial charge in [-0.15, -0.1) is 6.07 Å². The van der Waals surface area contributed by atoms with E-state index in [-0.39, 0.29) is 21.1 Å². The van der Waals surface area contributed by atoms with Gasteiger partial charge in [-0.25, -0.2) is 0 Å². The van der Waals surface area contributed by atoms with E-state index in [1.54, 1.807) is 18.4 Å². The van der Waals surface area contributed by atoms with Gasteiger partial charge in [-0.2, -0.15) is 6.07 Å². The zero-order chi connectivity index (χ0) is 3.54. The van der Waals surface area contributed by atoms with E-state index >= 15 is 0 Å². The average Bonchev–Trinajstić information content (AvgIpc) is 1.76. The third-order valence-corrected chi connectivity index (χ3v) is 0.379. The monoisotopic (exact) mass is 262 g/mol. The molecule has 0 saturated heterocycles. The molecule has 1 rings (SSSR count). The Labute approximate surface area is 50.6 Å². The number of furan rings is 1. The molecule has 2 heteroatoms. The van der Waals surface area contributed by atoms with E-state index in [2.05, 4.69) is 10.7 Å². The van der Waals surface area contributed by atoms with Crippen molar-refractivity contribution in [2.75, 3.05) is 0 Å². The SMILES string of the molecule is [Pt].[c-]1ccco1. The molecule has 36 valence electrons. The summed E-state index contributed by atoms with van der Waals surface area (Å²) in [4.78, 5) is 0. The zero-order valence-corrected chi connectivity index (χ0v) is 5.23. The van der Waals surface area contributed by atoms with Crippen molar-refractivity contribution in [3.63, 3.8) is 0 Å². The maximum Gasteiger partial charge on any atom is 0 e. The van der Waals surface area contributed by atoms with Crippen LogP contribution >= 0.6 is 0 Å². The van der Waals surface area contributed by atoms with Gasteiger partial charge in [0.15, 0.2) is 0 Å². The van der Waals surface area contributed by atoms with E-state index in [0.29, 0.717) is 0 Å². The van der Waals surface area contributed by atoms with E-state index < -0.39 is 0 Å². The summed E-state index contributed by atoms with van der Waals surface area (Å²) in [5.74, 6) is 0. The van der Waals surface area contributed by atoms with Gasteiger partial charge < -0.3 is 4.42 Å². The van der Waals surface area contributed by atoms with Crippen LogP contribution in [0.25, 0.3) is 0 Å². The Hall–Kier alpha value is -0.0317. The van der Waals surface area contributed by atoms with Crippen molar-refractivity contribution in [3.05, 3.63) is 24.7 Å². The summed E-state index contributed by atoms with van der Waals surface area (Å²) >= 11 is 0. The summed E-state index contributed by atoms with van der Waals surface area (Å²) < 4.78 is 4.46. The minimum atomic E-state index is 0. The van der Waals surface area contributed by atoms with Crippen LogP contribution in [0.2, 0.25) is 0 Å². The Bertz CT molecular complexity index is 64.0. The second kappa shape index (κ2) is 3.17. The van der Waals surface area contributed by atoms with Gasteiger partial charge in [0.25, 0.3) is 0 Å². The Balaban J connectivity index is 0.000000250. The van der Waals surface area contributed by atoms with Gasteiger partial charge in [-0.05, 0) is 6.26 Å². The van der Waals surface area contributed by atoms with Crippen molar-refractivity contribution in [2.45, 2.75) is 0 Å². The van der Waals surface area contributed by atoms with Crippen LogP contribution in [0.1, 0.15) is 0 Å². The molecule has 0 fully saturated rings. The molecule has 0 aliphatic heterocycles. The molecular formula is C4H3OPt-. The van der Waals surface area contributed by atoms with Crippen LogP contribution in [-0.4, -0.2) is 0 Å². The number of hydrogen-bond donors (Lipinski definition) is 0. The summed E-state index contributed by atoms with van der Waals surface area (Å²) in [5.41, 5.74) is 0. The van der Waals surface area contributed by atoms with Gasteiger partial charge in [0, 0.05) is 21.1 Å². The minimum Gasteiger partial charge on any atom is -0.599 e. The molecule has 0 radical (unpaired) electrons. The first kappa shape index (κ1) is 5.97. The smallest absolute Gasteiger partial charge is 0 e. The molecule has 1 heterocycles. The van der Waals surface area contributed by atoms with Gasteiger partial charge in [0.05, 0.1) is 0 Å². The van der Waals surface area contributed by atoms with Crippen LogP contribution < -0.4 is 0 Å². The Morgan fingerprint density at radius 3 is 2.50 bits per heavy atom. The third-order valence-electron chi connectivity index (χ3n) is 0.379. The Morgan fingerprint density at radius 1 is 1.50 bits per heavy atom. The molecule has 1 nitrogen and oxygen atoms in total. The first-order valence-electron chi connectivity index (χ1n) is 1.40. The molecule has 0 aromatic carbocycles. The standard InChI is InChI=1S/C4H3O.Pt/c1-2-4-5-3-1;/h1-3H;/q-1;. The second-order valence-corrected chi connectivity index (χ2v) is 0.731. The minimum absolute atomic E-state index is 0. The van der Waals surface area contributed by atoms with Crippen molar-refractivity contribution in [3.8, 4) is 0 Å². The fourth-order valence-corrected chi connectivity index (χ4v) is 0.196. The summed E-state index contributed by atoms with van der Waals surface area (Å²) in [5, 5.41) is 0. The summed E-state index contributed by atoms with van der Waals surface area (Å²) in [6, 6.07) is 3.49. The number of hydrogen-bond acceptors (Lipinski definition) is 1. The van der Waals surface area contributed by atoms with Gasteiger partial charge in [0.2, 0.25) is 0 Å². The van der Waals surface area contributed by atoms with Gasteiger partial charge >= 0.3 is 0 Å². The van der Waals surface area contributed by atoms with Crippen molar-refractivity contribution in [2.24, 2.45) is 0 Å². The molecule has 0 amide bonds. The maximum absolute atomic E-state index is 4.46. The molecule has 0 aliphatic carbocycles. The normalized spacial score (nSPS) is 6.67. The maximum atomic E-state index is 4.46. The first-order valence-corrected chi connectivity index (χ1v) is 1.40. The molecule has 0 N–H and O–H groups in total. The molecule has 6 heavy (non-hydrogen) atoms. The molecule has 1 aromatic rings. The van der Waals surface area contributed by atoms with Gasteiger partial charge in [-0.1, -0.05) is 6.26 Å². The quantitative estimate of drug-likeness (QED) is 0.638. The van der Waals surface area contributed by atoms with Crippen LogP contribution in [0.5, 0.6) is 0 Å². The molecule has 0 aliphatic rings. The van der Waals surface area contributed by atoms with E-state index in [4.69, 9.17) is 0 Å². The van der Waals surface area contributed by atoms with E-state index in [1.807, 2.05) is 0 Å². The van der Waals surface area contributed by atoms with E-state index in [0.717, 1.165) is 0 Å². The van der Waals surface area contributed by atoms with Crippen molar-refractivity contribution in [1.29, 1.82) is 0 Å².